The van der Waals surface area contributed by atoms with E-state index in [0.717, 1.165) is 0 Å². The molecule has 1 aliphatic rings. The number of sulfone groups is 1. The van der Waals surface area contributed by atoms with Crippen molar-refractivity contribution in [1.82, 2.24) is 5.32 Å². The molecular formula is C13H16FNO3S. The Labute approximate surface area is 111 Å². The standard InChI is InChI=1S/C13H16FNO3S/c1-9(11-4-2-3-5-12(11)14)15-13(16)10-6-7-19(17,18)8-10/h2-5,9-10H,6-8H2,1H3,(H,15,16). The van der Waals surface area contributed by atoms with E-state index in [1.807, 2.05) is 0 Å². The van der Waals surface area contributed by atoms with E-state index in [0.29, 0.717) is 12.0 Å². The minimum Gasteiger partial charge on any atom is -0.349 e. The summed E-state index contributed by atoms with van der Waals surface area (Å²) in [4.78, 5) is 11.9. The number of rotatable bonds is 3. The number of halogens is 1. The average molecular weight is 285 g/mol. The molecule has 0 aromatic heterocycles. The maximum absolute atomic E-state index is 13.5. The molecule has 0 spiro atoms. The zero-order valence-electron chi connectivity index (χ0n) is 10.6. The Morgan fingerprint density at radius 2 is 2.11 bits per heavy atom. The number of amides is 1. The van der Waals surface area contributed by atoms with Crippen LogP contribution in [0.5, 0.6) is 0 Å². The third kappa shape index (κ3) is 3.32. The molecule has 1 heterocycles. The second-order valence-corrected chi connectivity index (χ2v) is 7.08. The SMILES string of the molecule is CC(NC(=O)C1CCS(=O)(=O)C1)c1ccccc1F. The number of hydrogen-bond donors (Lipinski definition) is 1. The molecule has 2 unspecified atom stereocenters. The topological polar surface area (TPSA) is 63.2 Å². The molecule has 104 valence electrons. The Kier molecular flexibility index (Phi) is 3.89. The van der Waals surface area contributed by atoms with Crippen LogP contribution in [-0.2, 0) is 14.6 Å². The lowest BCUT2D eigenvalue weighted by atomic mass is 10.0. The summed E-state index contributed by atoms with van der Waals surface area (Å²) >= 11 is 0. The monoisotopic (exact) mass is 285 g/mol. The van der Waals surface area contributed by atoms with Gasteiger partial charge in [-0.2, -0.15) is 0 Å². The molecule has 6 heteroatoms. The van der Waals surface area contributed by atoms with E-state index in [2.05, 4.69) is 5.32 Å². The Hall–Kier alpha value is -1.43. The number of carbonyl (C=O) groups excluding carboxylic acids is 1. The summed E-state index contributed by atoms with van der Waals surface area (Å²) in [5.41, 5.74) is 0.400. The van der Waals surface area contributed by atoms with Crippen LogP contribution < -0.4 is 5.32 Å². The van der Waals surface area contributed by atoms with Gasteiger partial charge in [-0.1, -0.05) is 18.2 Å². The van der Waals surface area contributed by atoms with Crippen molar-refractivity contribution >= 4 is 15.7 Å². The summed E-state index contributed by atoms with van der Waals surface area (Å²) in [5.74, 6) is -1.27. The first kappa shape index (κ1) is 14.0. The minimum absolute atomic E-state index is 0.0547. The normalized spacial score (nSPS) is 22.9. The van der Waals surface area contributed by atoms with E-state index in [9.17, 15) is 17.6 Å². The molecule has 0 aliphatic carbocycles. The van der Waals surface area contributed by atoms with Gasteiger partial charge in [0.25, 0.3) is 0 Å². The molecule has 2 rings (SSSR count). The predicted octanol–water partition coefficient (Wildman–Crippen LogP) is 1.44. The zero-order valence-corrected chi connectivity index (χ0v) is 11.4. The summed E-state index contributed by atoms with van der Waals surface area (Å²) in [7, 11) is -3.08. The smallest absolute Gasteiger partial charge is 0.224 e. The third-order valence-electron chi connectivity index (χ3n) is 3.33. The zero-order chi connectivity index (χ0) is 14.0. The van der Waals surface area contributed by atoms with Gasteiger partial charge in [0.05, 0.1) is 23.5 Å². The van der Waals surface area contributed by atoms with Crippen LogP contribution in [0.3, 0.4) is 0 Å². The van der Waals surface area contributed by atoms with Crippen molar-refractivity contribution in [3.05, 3.63) is 35.6 Å². The van der Waals surface area contributed by atoms with Gasteiger partial charge in [0.1, 0.15) is 5.82 Å². The van der Waals surface area contributed by atoms with Gasteiger partial charge in [0.2, 0.25) is 5.91 Å². The molecular weight excluding hydrogens is 269 g/mol. The van der Waals surface area contributed by atoms with E-state index >= 15 is 0 Å². The highest BCUT2D eigenvalue weighted by molar-refractivity contribution is 7.91. The molecule has 1 aliphatic heterocycles. The second-order valence-electron chi connectivity index (χ2n) is 4.85. The molecule has 1 N–H and O–H groups in total. The fraction of sp³-hybridized carbons (Fsp3) is 0.462. The highest BCUT2D eigenvalue weighted by Gasteiger charge is 2.33. The average Bonchev–Trinajstić information content (AvgIpc) is 2.70. The summed E-state index contributed by atoms with van der Waals surface area (Å²) < 4.78 is 36.2. The molecule has 0 saturated carbocycles. The molecule has 1 amide bonds. The van der Waals surface area contributed by atoms with Crippen molar-refractivity contribution < 1.29 is 17.6 Å². The summed E-state index contributed by atoms with van der Waals surface area (Å²) in [6.45, 7) is 1.68. The fourth-order valence-corrected chi connectivity index (χ4v) is 3.98. The molecule has 2 atom stereocenters. The lowest BCUT2D eigenvalue weighted by Crippen LogP contribution is -2.33. The highest BCUT2D eigenvalue weighted by atomic mass is 32.2. The van der Waals surface area contributed by atoms with Crippen LogP contribution in [0.15, 0.2) is 24.3 Å². The first-order valence-electron chi connectivity index (χ1n) is 6.14. The first-order chi connectivity index (χ1) is 8.89. The maximum Gasteiger partial charge on any atom is 0.224 e. The van der Waals surface area contributed by atoms with E-state index < -0.39 is 21.8 Å². The quantitative estimate of drug-likeness (QED) is 0.914. The van der Waals surface area contributed by atoms with Gasteiger partial charge in [-0.05, 0) is 19.4 Å². The molecule has 1 saturated heterocycles. The van der Waals surface area contributed by atoms with Crippen LogP contribution in [0.4, 0.5) is 4.39 Å². The predicted molar refractivity (Wildman–Crippen MR) is 69.7 cm³/mol. The molecule has 1 aromatic carbocycles. The van der Waals surface area contributed by atoms with E-state index in [4.69, 9.17) is 0 Å². The number of carbonyl (C=O) groups is 1. The van der Waals surface area contributed by atoms with E-state index in [-0.39, 0.29) is 23.2 Å². The highest BCUT2D eigenvalue weighted by Crippen LogP contribution is 2.21. The lowest BCUT2D eigenvalue weighted by molar-refractivity contribution is -0.124. The Balaban J connectivity index is 2.02. The van der Waals surface area contributed by atoms with Crippen LogP contribution in [0, 0.1) is 11.7 Å². The van der Waals surface area contributed by atoms with Gasteiger partial charge < -0.3 is 5.32 Å². The van der Waals surface area contributed by atoms with Crippen molar-refractivity contribution in [2.24, 2.45) is 5.92 Å². The Bertz CT molecular complexity index is 585. The molecule has 19 heavy (non-hydrogen) atoms. The van der Waals surface area contributed by atoms with Crippen LogP contribution in [0.1, 0.15) is 24.9 Å². The molecule has 0 bridgehead atoms. The number of nitrogens with one attached hydrogen (secondary N) is 1. The Morgan fingerprint density at radius 3 is 2.68 bits per heavy atom. The molecule has 0 radical (unpaired) electrons. The summed E-state index contributed by atoms with van der Waals surface area (Å²) in [6.07, 6.45) is 0.345. The lowest BCUT2D eigenvalue weighted by Gasteiger charge is -2.17. The van der Waals surface area contributed by atoms with Gasteiger partial charge >= 0.3 is 0 Å². The third-order valence-corrected chi connectivity index (χ3v) is 5.10. The Morgan fingerprint density at radius 1 is 1.42 bits per heavy atom. The van der Waals surface area contributed by atoms with Gasteiger partial charge in [0.15, 0.2) is 9.84 Å². The van der Waals surface area contributed by atoms with Crippen molar-refractivity contribution in [3.8, 4) is 0 Å². The van der Waals surface area contributed by atoms with Gasteiger partial charge in [0, 0.05) is 5.56 Å². The van der Waals surface area contributed by atoms with Gasteiger partial charge in [-0.25, -0.2) is 12.8 Å². The van der Waals surface area contributed by atoms with Crippen molar-refractivity contribution in [2.75, 3.05) is 11.5 Å². The van der Waals surface area contributed by atoms with Crippen molar-refractivity contribution in [2.45, 2.75) is 19.4 Å². The first-order valence-corrected chi connectivity index (χ1v) is 7.96. The van der Waals surface area contributed by atoms with Crippen LogP contribution in [0.2, 0.25) is 0 Å². The van der Waals surface area contributed by atoms with Crippen molar-refractivity contribution in [1.29, 1.82) is 0 Å². The number of hydrogen-bond acceptors (Lipinski definition) is 3. The van der Waals surface area contributed by atoms with Gasteiger partial charge in [-0.3, -0.25) is 4.79 Å². The van der Waals surface area contributed by atoms with Gasteiger partial charge in [-0.15, -0.1) is 0 Å². The molecule has 1 aromatic rings. The van der Waals surface area contributed by atoms with Crippen LogP contribution in [0.25, 0.3) is 0 Å². The largest absolute Gasteiger partial charge is 0.349 e. The maximum atomic E-state index is 13.5. The fourth-order valence-electron chi connectivity index (χ4n) is 2.24. The second kappa shape index (κ2) is 5.28. The van der Waals surface area contributed by atoms with E-state index in [1.54, 1.807) is 25.1 Å². The number of benzene rings is 1. The molecule has 1 fully saturated rings. The summed E-state index contributed by atoms with van der Waals surface area (Å²) in [6, 6.07) is 5.74. The summed E-state index contributed by atoms with van der Waals surface area (Å²) in [5, 5.41) is 2.67. The van der Waals surface area contributed by atoms with Crippen LogP contribution in [-0.4, -0.2) is 25.8 Å². The minimum atomic E-state index is -3.08. The van der Waals surface area contributed by atoms with Crippen LogP contribution >= 0.6 is 0 Å². The van der Waals surface area contributed by atoms with Crippen molar-refractivity contribution in [3.63, 3.8) is 0 Å². The van der Waals surface area contributed by atoms with E-state index in [1.165, 1.54) is 6.07 Å². The molecule has 4 nitrogen and oxygen atoms in total.